The van der Waals surface area contributed by atoms with Crippen molar-refractivity contribution in [1.82, 2.24) is 0 Å². The average molecular weight is 207 g/mol. The van der Waals surface area contributed by atoms with Gasteiger partial charge in [0.2, 0.25) is 0 Å². The molecule has 0 N–H and O–H groups in total. The van der Waals surface area contributed by atoms with Crippen molar-refractivity contribution in [2.45, 2.75) is 12.8 Å². The summed E-state index contributed by atoms with van der Waals surface area (Å²) in [5, 5.41) is 10.6. The third-order valence-electron chi connectivity index (χ3n) is 2.12. The van der Waals surface area contributed by atoms with Crippen LogP contribution in [0.3, 0.4) is 0 Å². The molecule has 0 aliphatic rings. The van der Waals surface area contributed by atoms with Gasteiger partial charge >= 0.3 is 0 Å². The topological polar surface area (TPSA) is 43.1 Å². The molecule has 1 aromatic carbocycles. The smallest absolute Gasteiger partial charge is 0.258 e. The minimum Gasteiger partial charge on any atom is -0.258 e. The lowest BCUT2D eigenvalue weighted by atomic mass is 9.99. The van der Waals surface area contributed by atoms with Crippen molar-refractivity contribution in [3.8, 4) is 12.3 Å². The summed E-state index contributed by atoms with van der Waals surface area (Å²) in [6.45, 7) is 1.09. The molecule has 0 amide bonds. The van der Waals surface area contributed by atoms with Gasteiger partial charge in [-0.25, -0.2) is 0 Å². The Labute approximate surface area is 87.1 Å². The lowest BCUT2D eigenvalue weighted by molar-refractivity contribution is -0.384. The first kappa shape index (κ1) is 11.2. The van der Waals surface area contributed by atoms with Crippen LogP contribution >= 0.6 is 0 Å². The van der Waals surface area contributed by atoms with Gasteiger partial charge in [-0.05, 0) is 11.6 Å². The van der Waals surface area contributed by atoms with Crippen molar-refractivity contribution in [2.24, 2.45) is 0 Å². The summed E-state index contributed by atoms with van der Waals surface area (Å²) in [4.78, 5) is 10.0. The summed E-state index contributed by atoms with van der Waals surface area (Å²) < 4.78 is 12.4. The summed E-state index contributed by atoms with van der Waals surface area (Å²) in [6.07, 6.45) is 5.16. The number of nitro benzene ring substituents is 1. The highest BCUT2D eigenvalue weighted by molar-refractivity contribution is 5.46. The Hall–Kier alpha value is -1.89. The van der Waals surface area contributed by atoms with Gasteiger partial charge in [-0.1, -0.05) is 12.8 Å². The van der Waals surface area contributed by atoms with E-state index in [1.807, 2.05) is 0 Å². The van der Waals surface area contributed by atoms with Crippen molar-refractivity contribution < 1.29 is 9.31 Å². The lowest BCUT2D eigenvalue weighted by Crippen LogP contribution is -1.98. The molecule has 15 heavy (non-hydrogen) atoms. The molecule has 0 spiro atoms. The number of hydrogen-bond donors (Lipinski definition) is 0. The van der Waals surface area contributed by atoms with Crippen LogP contribution in [-0.4, -0.2) is 11.6 Å². The Balaban J connectivity index is 3.24. The van der Waals surface area contributed by atoms with E-state index in [1.165, 1.54) is 12.1 Å². The number of rotatable bonds is 3. The van der Waals surface area contributed by atoms with Crippen molar-refractivity contribution in [3.05, 3.63) is 39.4 Å². The van der Waals surface area contributed by atoms with Gasteiger partial charge < -0.3 is 0 Å². The molecule has 1 atom stereocenters. The molecule has 1 unspecified atom stereocenters. The molecule has 0 aromatic heterocycles. The van der Waals surface area contributed by atoms with Crippen LogP contribution in [0.25, 0.3) is 0 Å². The quantitative estimate of drug-likeness (QED) is 0.434. The van der Waals surface area contributed by atoms with E-state index in [9.17, 15) is 14.5 Å². The summed E-state index contributed by atoms with van der Waals surface area (Å²) in [6, 6.07) is 4.25. The largest absolute Gasteiger partial charge is 0.270 e. The van der Waals surface area contributed by atoms with Gasteiger partial charge in [0.1, 0.15) is 0 Å². The van der Waals surface area contributed by atoms with E-state index in [1.54, 1.807) is 13.0 Å². The highest BCUT2D eigenvalue weighted by atomic mass is 19.1. The normalized spacial score (nSPS) is 11.8. The zero-order valence-corrected chi connectivity index (χ0v) is 8.24. The predicted octanol–water partition coefficient (Wildman–Crippen LogP) is 2.65. The standard InChI is InChI=1S/C11H10FNO2/c1-3-9-4-10(8(2)7-12)6-11(5-9)13(14)15/h1,4-6,8H,7H2,2H3. The lowest BCUT2D eigenvalue weighted by Gasteiger charge is -2.07. The Morgan fingerprint density at radius 3 is 2.73 bits per heavy atom. The second-order valence-corrected chi connectivity index (χ2v) is 3.27. The zero-order chi connectivity index (χ0) is 11.4. The Morgan fingerprint density at radius 2 is 2.27 bits per heavy atom. The first-order chi connectivity index (χ1) is 7.08. The van der Waals surface area contributed by atoms with E-state index in [0.717, 1.165) is 0 Å². The first-order valence-corrected chi connectivity index (χ1v) is 4.40. The molecule has 3 nitrogen and oxygen atoms in total. The van der Waals surface area contributed by atoms with Crippen molar-refractivity contribution >= 4 is 5.69 Å². The van der Waals surface area contributed by atoms with Gasteiger partial charge in [0.25, 0.3) is 5.69 Å². The van der Waals surface area contributed by atoms with Crippen LogP contribution in [0.2, 0.25) is 0 Å². The van der Waals surface area contributed by atoms with Crippen LogP contribution in [-0.2, 0) is 0 Å². The van der Waals surface area contributed by atoms with Gasteiger partial charge in [-0.15, -0.1) is 6.42 Å². The third kappa shape index (κ3) is 2.53. The summed E-state index contributed by atoms with van der Waals surface area (Å²) in [7, 11) is 0. The summed E-state index contributed by atoms with van der Waals surface area (Å²) in [5.41, 5.74) is 0.861. The van der Waals surface area contributed by atoms with Crippen LogP contribution in [0, 0.1) is 22.5 Å². The molecule has 0 radical (unpaired) electrons. The first-order valence-electron chi connectivity index (χ1n) is 4.40. The van der Waals surface area contributed by atoms with Gasteiger partial charge in [0.15, 0.2) is 0 Å². The molecule has 0 aliphatic carbocycles. The van der Waals surface area contributed by atoms with Gasteiger partial charge in [-0.3, -0.25) is 14.5 Å². The molecule has 0 aliphatic heterocycles. The van der Waals surface area contributed by atoms with Gasteiger partial charge in [-0.2, -0.15) is 0 Å². The molecule has 0 fully saturated rings. The van der Waals surface area contributed by atoms with Crippen molar-refractivity contribution in [2.75, 3.05) is 6.67 Å². The fraction of sp³-hybridized carbons (Fsp3) is 0.273. The van der Waals surface area contributed by atoms with E-state index >= 15 is 0 Å². The number of nitro groups is 1. The molecule has 0 saturated heterocycles. The van der Waals surface area contributed by atoms with Crippen molar-refractivity contribution in [3.63, 3.8) is 0 Å². The van der Waals surface area contributed by atoms with Gasteiger partial charge in [0, 0.05) is 23.6 Å². The molecule has 0 heterocycles. The van der Waals surface area contributed by atoms with E-state index < -0.39 is 11.6 Å². The minimum absolute atomic E-state index is 0.0965. The van der Waals surface area contributed by atoms with Crippen LogP contribution in [0.1, 0.15) is 24.0 Å². The van der Waals surface area contributed by atoms with E-state index in [4.69, 9.17) is 6.42 Å². The number of non-ortho nitro benzene ring substituents is 1. The Bertz CT molecular complexity index is 423. The maximum absolute atomic E-state index is 12.4. The molecular weight excluding hydrogens is 197 g/mol. The minimum atomic E-state index is -0.564. The number of alkyl halides is 1. The fourth-order valence-corrected chi connectivity index (χ4v) is 1.20. The summed E-state index contributed by atoms with van der Waals surface area (Å²) in [5.74, 6) is 1.94. The molecule has 0 saturated carbocycles. The number of terminal acetylenes is 1. The SMILES string of the molecule is C#Cc1cc(C(C)CF)cc([N+](=O)[O-])c1. The number of nitrogens with zero attached hydrogens (tertiary/aromatic N) is 1. The van der Waals surface area contributed by atoms with E-state index in [-0.39, 0.29) is 11.6 Å². The molecule has 4 heteroatoms. The predicted molar refractivity (Wildman–Crippen MR) is 55.4 cm³/mol. The maximum Gasteiger partial charge on any atom is 0.270 e. The Kier molecular flexibility index (Phi) is 3.40. The number of hydrogen-bond acceptors (Lipinski definition) is 2. The van der Waals surface area contributed by atoms with E-state index in [0.29, 0.717) is 11.1 Å². The number of benzene rings is 1. The number of halogens is 1. The maximum atomic E-state index is 12.4. The summed E-state index contributed by atoms with van der Waals surface area (Å²) >= 11 is 0. The zero-order valence-electron chi connectivity index (χ0n) is 8.24. The van der Waals surface area contributed by atoms with E-state index in [2.05, 4.69) is 5.92 Å². The highest BCUT2D eigenvalue weighted by Crippen LogP contribution is 2.23. The Morgan fingerprint density at radius 1 is 1.60 bits per heavy atom. The monoisotopic (exact) mass is 207 g/mol. The van der Waals surface area contributed by atoms with Gasteiger partial charge in [0.05, 0.1) is 11.6 Å². The van der Waals surface area contributed by atoms with Crippen LogP contribution in [0.5, 0.6) is 0 Å². The molecular formula is C11H10FNO2. The molecule has 0 bridgehead atoms. The second kappa shape index (κ2) is 4.56. The van der Waals surface area contributed by atoms with Crippen LogP contribution < -0.4 is 0 Å². The second-order valence-electron chi connectivity index (χ2n) is 3.27. The van der Waals surface area contributed by atoms with Crippen LogP contribution in [0.4, 0.5) is 10.1 Å². The van der Waals surface area contributed by atoms with Crippen molar-refractivity contribution in [1.29, 1.82) is 0 Å². The molecule has 1 aromatic rings. The van der Waals surface area contributed by atoms with Crippen LogP contribution in [0.15, 0.2) is 18.2 Å². The average Bonchev–Trinajstić information content (AvgIpc) is 2.27. The molecule has 78 valence electrons. The fourth-order valence-electron chi connectivity index (χ4n) is 1.20. The third-order valence-corrected chi connectivity index (χ3v) is 2.12. The highest BCUT2D eigenvalue weighted by Gasteiger charge is 2.12. The molecule has 1 rings (SSSR count).